The number of hydrogen-bond acceptors (Lipinski definition) is 2. The summed E-state index contributed by atoms with van der Waals surface area (Å²) in [6, 6.07) is 5.62. The molecular weight excluding hydrogens is 270 g/mol. The molecular formula is C16H22ClN3. The van der Waals surface area contributed by atoms with E-state index in [9.17, 15) is 0 Å². The van der Waals surface area contributed by atoms with E-state index < -0.39 is 0 Å². The molecule has 1 saturated heterocycles. The highest BCUT2D eigenvalue weighted by Crippen LogP contribution is 2.47. The summed E-state index contributed by atoms with van der Waals surface area (Å²) < 4.78 is 0. The quantitative estimate of drug-likeness (QED) is 0.643. The van der Waals surface area contributed by atoms with Crippen LogP contribution >= 0.6 is 11.6 Å². The molecule has 1 heterocycles. The Morgan fingerprint density at radius 2 is 1.80 bits per heavy atom. The second-order valence-corrected chi connectivity index (χ2v) is 6.71. The Hall–Kier alpha value is -1.22. The first kappa shape index (κ1) is 13.7. The van der Waals surface area contributed by atoms with Gasteiger partial charge in [-0.15, -0.1) is 0 Å². The molecule has 0 radical (unpaired) electrons. The summed E-state index contributed by atoms with van der Waals surface area (Å²) in [7, 11) is 0. The lowest BCUT2D eigenvalue weighted by Crippen LogP contribution is -2.39. The number of halogens is 1. The summed E-state index contributed by atoms with van der Waals surface area (Å²) in [6.45, 7) is 2.11. The first-order valence-electron chi connectivity index (χ1n) is 7.49. The van der Waals surface area contributed by atoms with Crippen molar-refractivity contribution < 1.29 is 0 Å². The SMILES string of the molecule is N=C(N)c1ccc(Cl)cc1N1CCC2(CCCC2)CC1. The number of nitrogen functional groups attached to an aromatic ring is 1. The van der Waals surface area contributed by atoms with Gasteiger partial charge in [0.2, 0.25) is 0 Å². The van der Waals surface area contributed by atoms with E-state index in [1.165, 1.54) is 38.5 Å². The molecule has 1 spiro atoms. The number of anilines is 1. The molecule has 108 valence electrons. The van der Waals surface area contributed by atoms with E-state index in [1.807, 2.05) is 18.2 Å². The molecule has 1 saturated carbocycles. The second kappa shape index (κ2) is 5.28. The van der Waals surface area contributed by atoms with E-state index >= 15 is 0 Å². The molecule has 1 aromatic rings. The van der Waals surface area contributed by atoms with Crippen LogP contribution in [0.1, 0.15) is 44.1 Å². The number of nitrogens with two attached hydrogens (primary N) is 1. The normalized spacial score (nSPS) is 21.4. The largest absolute Gasteiger partial charge is 0.384 e. The van der Waals surface area contributed by atoms with Gasteiger partial charge < -0.3 is 10.6 Å². The molecule has 1 aromatic carbocycles. The van der Waals surface area contributed by atoms with Gasteiger partial charge in [0.25, 0.3) is 0 Å². The van der Waals surface area contributed by atoms with Crippen molar-refractivity contribution in [1.29, 1.82) is 5.41 Å². The van der Waals surface area contributed by atoms with Crippen molar-refractivity contribution in [3.05, 3.63) is 28.8 Å². The minimum Gasteiger partial charge on any atom is -0.384 e. The zero-order chi connectivity index (χ0) is 14.2. The molecule has 20 heavy (non-hydrogen) atoms. The number of piperidine rings is 1. The maximum absolute atomic E-state index is 7.73. The second-order valence-electron chi connectivity index (χ2n) is 6.27. The lowest BCUT2D eigenvalue weighted by atomic mass is 9.77. The highest BCUT2D eigenvalue weighted by atomic mass is 35.5. The molecule has 0 unspecified atom stereocenters. The van der Waals surface area contributed by atoms with Crippen LogP contribution in [0.3, 0.4) is 0 Å². The Labute approximate surface area is 125 Å². The average Bonchev–Trinajstić information content (AvgIpc) is 2.87. The fraction of sp³-hybridized carbons (Fsp3) is 0.562. The summed E-state index contributed by atoms with van der Waals surface area (Å²) in [5.74, 6) is 0.123. The maximum Gasteiger partial charge on any atom is 0.124 e. The van der Waals surface area contributed by atoms with Gasteiger partial charge in [-0.3, -0.25) is 5.41 Å². The van der Waals surface area contributed by atoms with Gasteiger partial charge in [-0.05, 0) is 49.3 Å². The fourth-order valence-corrected chi connectivity index (χ4v) is 4.01. The molecule has 3 nitrogen and oxygen atoms in total. The Morgan fingerprint density at radius 3 is 2.40 bits per heavy atom. The number of amidine groups is 1. The Bertz CT molecular complexity index is 510. The van der Waals surface area contributed by atoms with Crippen LogP contribution in [0.15, 0.2) is 18.2 Å². The average molecular weight is 292 g/mol. The molecule has 0 bridgehead atoms. The van der Waals surface area contributed by atoms with E-state index in [0.717, 1.165) is 24.3 Å². The summed E-state index contributed by atoms with van der Waals surface area (Å²) in [5.41, 5.74) is 8.13. The summed E-state index contributed by atoms with van der Waals surface area (Å²) in [5, 5.41) is 8.45. The molecule has 0 atom stereocenters. The first-order valence-corrected chi connectivity index (χ1v) is 7.86. The van der Waals surface area contributed by atoms with Crippen molar-refractivity contribution in [2.75, 3.05) is 18.0 Å². The molecule has 2 aliphatic rings. The Kier molecular flexibility index (Phi) is 3.63. The highest BCUT2D eigenvalue weighted by molar-refractivity contribution is 6.31. The monoisotopic (exact) mass is 291 g/mol. The van der Waals surface area contributed by atoms with Gasteiger partial charge in [0.15, 0.2) is 0 Å². The van der Waals surface area contributed by atoms with Gasteiger partial charge >= 0.3 is 0 Å². The van der Waals surface area contributed by atoms with E-state index in [4.69, 9.17) is 22.7 Å². The summed E-state index contributed by atoms with van der Waals surface area (Å²) in [6.07, 6.45) is 8.12. The Balaban J connectivity index is 1.80. The van der Waals surface area contributed by atoms with Crippen LogP contribution in [0.4, 0.5) is 5.69 Å². The summed E-state index contributed by atoms with van der Waals surface area (Å²) in [4.78, 5) is 2.35. The minimum absolute atomic E-state index is 0.123. The molecule has 1 aliphatic carbocycles. The van der Waals surface area contributed by atoms with Crippen LogP contribution in [-0.4, -0.2) is 18.9 Å². The predicted molar refractivity (Wildman–Crippen MR) is 84.8 cm³/mol. The standard InChI is InChI=1S/C16H22ClN3/c17-12-3-4-13(15(18)19)14(11-12)20-9-7-16(8-10-20)5-1-2-6-16/h3-4,11H,1-2,5-10H2,(H3,18,19). The number of nitrogens with one attached hydrogen (secondary N) is 1. The third-order valence-electron chi connectivity index (χ3n) is 5.08. The lowest BCUT2D eigenvalue weighted by molar-refractivity contribution is 0.226. The maximum atomic E-state index is 7.73. The molecule has 2 fully saturated rings. The van der Waals surface area contributed by atoms with Crippen LogP contribution in [0.2, 0.25) is 5.02 Å². The first-order chi connectivity index (χ1) is 9.60. The molecule has 1 aliphatic heterocycles. The van der Waals surface area contributed by atoms with Gasteiger partial charge in [0, 0.05) is 29.4 Å². The summed E-state index contributed by atoms with van der Waals surface area (Å²) >= 11 is 6.12. The van der Waals surface area contributed by atoms with Crippen molar-refractivity contribution >= 4 is 23.1 Å². The minimum atomic E-state index is 0.123. The van der Waals surface area contributed by atoms with Crippen molar-refractivity contribution in [3.8, 4) is 0 Å². The molecule has 0 amide bonds. The van der Waals surface area contributed by atoms with Gasteiger partial charge in [-0.25, -0.2) is 0 Å². The Morgan fingerprint density at radius 1 is 1.15 bits per heavy atom. The van der Waals surface area contributed by atoms with Gasteiger partial charge in [-0.1, -0.05) is 24.4 Å². The van der Waals surface area contributed by atoms with Crippen LogP contribution < -0.4 is 10.6 Å². The zero-order valence-electron chi connectivity index (χ0n) is 11.8. The van der Waals surface area contributed by atoms with Crippen molar-refractivity contribution in [2.45, 2.75) is 38.5 Å². The number of hydrogen-bond donors (Lipinski definition) is 2. The third-order valence-corrected chi connectivity index (χ3v) is 5.31. The topological polar surface area (TPSA) is 53.1 Å². The van der Waals surface area contributed by atoms with Crippen LogP contribution in [-0.2, 0) is 0 Å². The predicted octanol–water partition coefficient (Wildman–Crippen LogP) is 3.78. The van der Waals surface area contributed by atoms with Crippen LogP contribution in [0.25, 0.3) is 0 Å². The smallest absolute Gasteiger partial charge is 0.124 e. The number of rotatable bonds is 2. The van der Waals surface area contributed by atoms with E-state index in [2.05, 4.69) is 4.90 Å². The van der Waals surface area contributed by atoms with Crippen LogP contribution in [0, 0.1) is 10.8 Å². The van der Waals surface area contributed by atoms with Gasteiger partial charge in [0.05, 0.1) is 0 Å². The van der Waals surface area contributed by atoms with E-state index in [-0.39, 0.29) is 5.84 Å². The van der Waals surface area contributed by atoms with E-state index in [1.54, 1.807) is 0 Å². The third kappa shape index (κ3) is 2.51. The van der Waals surface area contributed by atoms with Crippen molar-refractivity contribution in [3.63, 3.8) is 0 Å². The van der Waals surface area contributed by atoms with Crippen LogP contribution in [0.5, 0.6) is 0 Å². The molecule has 0 aromatic heterocycles. The molecule has 3 N–H and O–H groups in total. The molecule has 3 rings (SSSR count). The highest BCUT2D eigenvalue weighted by Gasteiger charge is 2.37. The van der Waals surface area contributed by atoms with Gasteiger partial charge in [0.1, 0.15) is 5.84 Å². The number of nitrogens with zero attached hydrogens (tertiary/aromatic N) is 1. The lowest BCUT2D eigenvalue weighted by Gasteiger charge is -2.41. The van der Waals surface area contributed by atoms with E-state index in [0.29, 0.717) is 10.4 Å². The van der Waals surface area contributed by atoms with Crippen molar-refractivity contribution in [1.82, 2.24) is 0 Å². The fourth-order valence-electron chi connectivity index (χ4n) is 3.84. The number of benzene rings is 1. The molecule has 4 heteroatoms. The van der Waals surface area contributed by atoms with Gasteiger partial charge in [-0.2, -0.15) is 0 Å². The van der Waals surface area contributed by atoms with Crippen molar-refractivity contribution in [2.24, 2.45) is 11.1 Å². The zero-order valence-corrected chi connectivity index (χ0v) is 12.5.